The molecule has 0 unspecified atom stereocenters. The van der Waals surface area contributed by atoms with Crippen LogP contribution in [0.2, 0.25) is 0 Å². The Bertz CT molecular complexity index is 1530. The minimum absolute atomic E-state index is 0.0874. The van der Waals surface area contributed by atoms with Gasteiger partial charge in [-0.1, -0.05) is 93.6 Å². The predicted octanol–water partition coefficient (Wildman–Crippen LogP) is 4.45. The molecule has 0 N–H and O–H groups in total. The average molecular weight is 564 g/mol. The maximum absolute atomic E-state index is 14.6. The SMILES string of the molecule is CCN1C[C@@H]2[C@@H]3C(=O)N(Cc4ccccc4)C(=O)[C@@H]3[C@](Cc3ccccc3)(C1=O)N2C(=O)c1ccc(C(C)(C)C)cc1. The highest BCUT2D eigenvalue weighted by Gasteiger charge is 2.75. The first-order valence-electron chi connectivity index (χ1n) is 14.7. The van der Waals surface area contributed by atoms with Gasteiger partial charge in [-0.05, 0) is 41.2 Å². The van der Waals surface area contributed by atoms with Crippen LogP contribution in [0.25, 0.3) is 0 Å². The molecule has 3 saturated heterocycles. The number of piperazine rings is 1. The van der Waals surface area contributed by atoms with Gasteiger partial charge in [0.25, 0.3) is 5.91 Å². The second-order valence-electron chi connectivity index (χ2n) is 12.8. The van der Waals surface area contributed by atoms with E-state index in [9.17, 15) is 19.2 Å². The maximum atomic E-state index is 14.6. The molecule has 3 aromatic rings. The molecule has 7 nitrogen and oxygen atoms in total. The lowest BCUT2D eigenvalue weighted by molar-refractivity contribution is -0.156. The largest absolute Gasteiger partial charge is 0.339 e. The van der Waals surface area contributed by atoms with Crippen LogP contribution < -0.4 is 0 Å². The molecule has 2 bridgehead atoms. The summed E-state index contributed by atoms with van der Waals surface area (Å²) in [6.07, 6.45) is 0.158. The van der Waals surface area contributed by atoms with Crippen LogP contribution in [0.5, 0.6) is 0 Å². The van der Waals surface area contributed by atoms with Gasteiger partial charge in [-0.3, -0.25) is 24.1 Å². The zero-order chi connectivity index (χ0) is 29.8. The Labute approximate surface area is 247 Å². The predicted molar refractivity (Wildman–Crippen MR) is 159 cm³/mol. The minimum atomic E-state index is -1.51. The van der Waals surface area contributed by atoms with E-state index in [4.69, 9.17) is 0 Å². The van der Waals surface area contributed by atoms with Gasteiger partial charge in [0.1, 0.15) is 5.54 Å². The van der Waals surface area contributed by atoms with Gasteiger partial charge in [0.05, 0.1) is 24.4 Å². The molecule has 0 saturated carbocycles. The standard InChI is InChI=1S/C35H37N3O4/c1-5-36-22-27-28-29(32(41)37(31(28)40)21-24-14-10-7-11-15-24)35(33(36)42,20-23-12-8-6-9-13-23)38(27)30(39)25-16-18-26(19-17-25)34(2,3)4/h6-19,27-29H,5,20-22H2,1-4H3/t27-,28+,29-,35-/m1/s1. The van der Waals surface area contributed by atoms with Gasteiger partial charge in [-0.2, -0.15) is 0 Å². The summed E-state index contributed by atoms with van der Waals surface area (Å²) in [7, 11) is 0. The second kappa shape index (κ2) is 10.2. The number of amides is 4. The Balaban J connectivity index is 1.48. The first-order valence-corrected chi connectivity index (χ1v) is 14.7. The lowest BCUT2D eigenvalue weighted by Gasteiger charge is -2.49. The summed E-state index contributed by atoms with van der Waals surface area (Å²) >= 11 is 0. The van der Waals surface area contributed by atoms with Gasteiger partial charge in [-0.25, -0.2) is 0 Å². The fraction of sp³-hybridized carbons (Fsp3) is 0.371. The molecule has 3 aliphatic heterocycles. The molecule has 4 amide bonds. The summed E-state index contributed by atoms with van der Waals surface area (Å²) in [6, 6.07) is 25.8. The van der Waals surface area contributed by atoms with E-state index in [0.717, 1.165) is 16.7 Å². The van der Waals surface area contributed by atoms with Gasteiger partial charge >= 0.3 is 0 Å². The van der Waals surface area contributed by atoms with Gasteiger partial charge in [-0.15, -0.1) is 0 Å². The van der Waals surface area contributed by atoms with Crippen LogP contribution in [-0.4, -0.2) is 63.0 Å². The Morgan fingerprint density at radius 3 is 2.00 bits per heavy atom. The van der Waals surface area contributed by atoms with E-state index in [2.05, 4.69) is 20.8 Å². The number of nitrogens with zero attached hydrogens (tertiary/aromatic N) is 3. The van der Waals surface area contributed by atoms with E-state index < -0.39 is 23.4 Å². The number of likely N-dealkylation sites (tertiary alicyclic amines) is 2. The van der Waals surface area contributed by atoms with Crippen molar-refractivity contribution in [1.82, 2.24) is 14.7 Å². The molecule has 7 heteroatoms. The highest BCUT2D eigenvalue weighted by Crippen LogP contribution is 2.54. The Kier molecular flexibility index (Phi) is 6.79. The minimum Gasteiger partial charge on any atom is -0.339 e. The van der Waals surface area contributed by atoms with Gasteiger partial charge in [0.2, 0.25) is 17.7 Å². The number of carbonyl (C=O) groups excluding carboxylic acids is 4. The normalized spacial score (nSPS) is 25.3. The van der Waals surface area contributed by atoms with Crippen LogP contribution in [0, 0.1) is 11.8 Å². The maximum Gasteiger partial charge on any atom is 0.255 e. The van der Waals surface area contributed by atoms with Crippen molar-refractivity contribution in [2.45, 2.75) is 57.7 Å². The zero-order valence-electron chi connectivity index (χ0n) is 24.6. The van der Waals surface area contributed by atoms with Gasteiger partial charge in [0, 0.05) is 25.1 Å². The molecule has 0 aromatic heterocycles. The van der Waals surface area contributed by atoms with Crippen molar-refractivity contribution < 1.29 is 19.2 Å². The van der Waals surface area contributed by atoms with E-state index in [1.165, 1.54) is 4.90 Å². The lowest BCUT2D eigenvalue weighted by Crippen LogP contribution is -2.70. The Morgan fingerprint density at radius 2 is 1.43 bits per heavy atom. The first kappa shape index (κ1) is 27.9. The van der Waals surface area contributed by atoms with Crippen LogP contribution >= 0.6 is 0 Å². The molecule has 6 rings (SSSR count). The average Bonchev–Trinajstić information content (AvgIpc) is 3.37. The molecule has 4 atom stereocenters. The Morgan fingerprint density at radius 1 is 0.833 bits per heavy atom. The molecular formula is C35H37N3O4. The van der Waals surface area contributed by atoms with E-state index in [-0.39, 0.29) is 48.6 Å². The number of hydrogen-bond acceptors (Lipinski definition) is 4. The van der Waals surface area contributed by atoms with Crippen LogP contribution in [0.15, 0.2) is 84.9 Å². The van der Waals surface area contributed by atoms with E-state index >= 15 is 0 Å². The summed E-state index contributed by atoms with van der Waals surface area (Å²) in [5, 5.41) is 0. The number of carbonyl (C=O) groups is 4. The van der Waals surface area contributed by atoms with Gasteiger partial charge in [0.15, 0.2) is 0 Å². The summed E-state index contributed by atoms with van der Waals surface area (Å²) in [4.78, 5) is 62.2. The second-order valence-corrected chi connectivity index (χ2v) is 12.8. The third-order valence-electron chi connectivity index (χ3n) is 9.30. The Hall–Kier alpha value is -4.26. The molecule has 216 valence electrons. The monoisotopic (exact) mass is 563 g/mol. The molecule has 42 heavy (non-hydrogen) atoms. The van der Waals surface area contributed by atoms with Crippen LogP contribution in [0.4, 0.5) is 0 Å². The van der Waals surface area contributed by atoms with Gasteiger partial charge < -0.3 is 9.80 Å². The number of likely N-dealkylation sites (N-methyl/N-ethyl adjacent to an activating group) is 1. The van der Waals surface area contributed by atoms with Crippen LogP contribution in [0.1, 0.15) is 54.7 Å². The van der Waals surface area contributed by atoms with E-state index in [1.807, 2.05) is 79.7 Å². The summed E-state index contributed by atoms with van der Waals surface area (Å²) < 4.78 is 0. The fourth-order valence-corrected chi connectivity index (χ4v) is 7.22. The first-order chi connectivity index (χ1) is 20.1. The summed E-state index contributed by atoms with van der Waals surface area (Å²) in [6.45, 7) is 9.04. The summed E-state index contributed by atoms with van der Waals surface area (Å²) in [5.74, 6) is -3.01. The zero-order valence-corrected chi connectivity index (χ0v) is 24.6. The number of rotatable bonds is 6. The van der Waals surface area contributed by atoms with Crippen molar-refractivity contribution in [3.63, 3.8) is 0 Å². The molecule has 3 aliphatic rings. The number of hydrogen-bond donors (Lipinski definition) is 0. The van der Waals surface area contributed by atoms with Crippen molar-refractivity contribution >= 4 is 23.6 Å². The topological polar surface area (TPSA) is 78.0 Å². The van der Waals surface area contributed by atoms with Crippen molar-refractivity contribution in [1.29, 1.82) is 0 Å². The van der Waals surface area contributed by atoms with E-state index in [1.54, 1.807) is 21.9 Å². The third kappa shape index (κ3) is 4.25. The fourth-order valence-electron chi connectivity index (χ4n) is 7.22. The number of imide groups is 1. The number of fused-ring (bicyclic) bond motifs is 5. The molecule has 3 heterocycles. The highest BCUT2D eigenvalue weighted by atomic mass is 16.2. The number of benzene rings is 3. The van der Waals surface area contributed by atoms with E-state index in [0.29, 0.717) is 12.1 Å². The van der Waals surface area contributed by atoms with Crippen molar-refractivity contribution in [2.75, 3.05) is 13.1 Å². The highest BCUT2D eigenvalue weighted by molar-refractivity contribution is 6.13. The smallest absolute Gasteiger partial charge is 0.255 e. The van der Waals surface area contributed by atoms with Crippen molar-refractivity contribution in [3.8, 4) is 0 Å². The van der Waals surface area contributed by atoms with Crippen molar-refractivity contribution in [3.05, 3.63) is 107 Å². The molecule has 0 aliphatic carbocycles. The molecule has 3 aromatic carbocycles. The molecule has 0 radical (unpaired) electrons. The molecule has 3 fully saturated rings. The van der Waals surface area contributed by atoms with Crippen LogP contribution in [-0.2, 0) is 32.8 Å². The summed E-state index contributed by atoms with van der Waals surface area (Å²) in [5.41, 5.74) is 1.62. The molecular weight excluding hydrogens is 526 g/mol. The third-order valence-corrected chi connectivity index (χ3v) is 9.30. The van der Waals surface area contributed by atoms with Crippen LogP contribution in [0.3, 0.4) is 0 Å². The lowest BCUT2D eigenvalue weighted by atomic mass is 9.75. The molecule has 0 spiro atoms. The van der Waals surface area contributed by atoms with Crippen molar-refractivity contribution in [2.24, 2.45) is 11.8 Å². The quantitative estimate of drug-likeness (QED) is 0.415.